The van der Waals surface area contributed by atoms with Crippen molar-refractivity contribution < 1.29 is 36.2 Å². The Hall–Kier alpha value is -3.48. The van der Waals surface area contributed by atoms with Gasteiger partial charge in [0, 0.05) is 23.1 Å². The molecule has 1 saturated carbocycles. The van der Waals surface area contributed by atoms with Crippen LogP contribution in [0, 0.1) is 40.6 Å². The summed E-state index contributed by atoms with van der Waals surface area (Å²) in [5.41, 5.74) is 1.04. The molecule has 9 heteroatoms. The summed E-state index contributed by atoms with van der Waals surface area (Å²) in [5.74, 6) is -3.49. The van der Waals surface area contributed by atoms with Gasteiger partial charge in [-0.1, -0.05) is 25.1 Å². The van der Waals surface area contributed by atoms with Gasteiger partial charge in [0.2, 0.25) is 0 Å². The van der Waals surface area contributed by atoms with E-state index < -0.39 is 35.8 Å². The van der Waals surface area contributed by atoms with Crippen LogP contribution >= 0.6 is 0 Å². The molecule has 210 valence electrons. The largest absolute Gasteiger partial charge is 0.432 e. The number of hydrogen-bond acceptors (Lipinski definition) is 4. The second-order valence-corrected chi connectivity index (χ2v) is 10.5. The standard InChI is InChI=1S/C31H28F5NO3/c1-18-16-38-30(39-17-18)21-6-10-25(28(33)13-21)19-4-7-23(8-5-19)31(35,36)40-24-9-11-26(29(34)14-24)20-2-3-22(15-37)27(32)12-20/h2-3,6,9-14,18-19,23,30H,4-5,7-8,16-17H2,1H3. The molecule has 1 saturated heterocycles. The van der Waals surface area contributed by atoms with Gasteiger partial charge in [-0.05, 0) is 73.1 Å². The molecule has 2 fully saturated rings. The van der Waals surface area contributed by atoms with E-state index in [0.29, 0.717) is 37.2 Å². The van der Waals surface area contributed by atoms with Crippen LogP contribution in [-0.2, 0) is 9.47 Å². The summed E-state index contributed by atoms with van der Waals surface area (Å²) in [6, 6.07) is 13.4. The molecule has 1 aliphatic heterocycles. The molecule has 3 aromatic rings. The van der Waals surface area contributed by atoms with Crippen LogP contribution in [0.4, 0.5) is 22.0 Å². The summed E-state index contributed by atoms with van der Waals surface area (Å²) < 4.78 is 90.0. The fraction of sp³-hybridized carbons (Fsp3) is 0.387. The van der Waals surface area contributed by atoms with Gasteiger partial charge < -0.3 is 14.2 Å². The van der Waals surface area contributed by atoms with Crippen molar-refractivity contribution in [3.05, 3.63) is 88.7 Å². The first-order valence-corrected chi connectivity index (χ1v) is 13.2. The summed E-state index contributed by atoms with van der Waals surface area (Å²) in [7, 11) is 0. The number of ether oxygens (including phenoxy) is 3. The van der Waals surface area contributed by atoms with E-state index in [2.05, 4.69) is 0 Å². The van der Waals surface area contributed by atoms with Crippen LogP contribution < -0.4 is 4.74 Å². The Bertz CT molecular complexity index is 1410. The van der Waals surface area contributed by atoms with Crippen molar-refractivity contribution in [3.8, 4) is 22.9 Å². The fourth-order valence-corrected chi connectivity index (χ4v) is 5.36. The highest BCUT2D eigenvalue weighted by molar-refractivity contribution is 5.66. The molecule has 1 heterocycles. The molecule has 1 aliphatic carbocycles. The lowest BCUT2D eigenvalue weighted by molar-refractivity contribution is -0.222. The maximum Gasteiger partial charge on any atom is 0.400 e. The lowest BCUT2D eigenvalue weighted by Crippen LogP contribution is -2.37. The predicted molar refractivity (Wildman–Crippen MR) is 137 cm³/mol. The van der Waals surface area contributed by atoms with Crippen LogP contribution in [-0.4, -0.2) is 19.3 Å². The van der Waals surface area contributed by atoms with Gasteiger partial charge in [0.05, 0.1) is 24.7 Å². The normalized spacial score (nSPS) is 23.4. The van der Waals surface area contributed by atoms with E-state index in [1.165, 1.54) is 30.3 Å². The number of benzene rings is 3. The van der Waals surface area contributed by atoms with E-state index in [1.807, 2.05) is 6.92 Å². The Kier molecular flexibility index (Phi) is 8.11. The van der Waals surface area contributed by atoms with Crippen molar-refractivity contribution in [2.75, 3.05) is 13.2 Å². The van der Waals surface area contributed by atoms with Gasteiger partial charge in [-0.2, -0.15) is 14.0 Å². The Morgan fingerprint density at radius 2 is 1.57 bits per heavy atom. The molecule has 4 nitrogen and oxygen atoms in total. The monoisotopic (exact) mass is 557 g/mol. The average molecular weight is 558 g/mol. The van der Waals surface area contributed by atoms with E-state index in [4.69, 9.17) is 19.5 Å². The minimum Gasteiger partial charge on any atom is -0.432 e. The topological polar surface area (TPSA) is 51.5 Å². The molecule has 0 bridgehead atoms. The fourth-order valence-electron chi connectivity index (χ4n) is 5.36. The maximum atomic E-state index is 15.1. The number of alkyl halides is 2. The first kappa shape index (κ1) is 28.1. The Morgan fingerprint density at radius 3 is 2.20 bits per heavy atom. The van der Waals surface area contributed by atoms with Crippen molar-refractivity contribution in [3.63, 3.8) is 0 Å². The SMILES string of the molecule is CC1COC(c2ccc(C3CCC(C(F)(F)Oc4ccc(-c5ccc(C#N)c(F)c5)c(F)c4)CC3)c(F)c2)OC1. The van der Waals surface area contributed by atoms with E-state index in [9.17, 15) is 13.2 Å². The van der Waals surface area contributed by atoms with Gasteiger partial charge >= 0.3 is 6.11 Å². The predicted octanol–water partition coefficient (Wildman–Crippen LogP) is 8.27. The van der Waals surface area contributed by atoms with Crippen molar-refractivity contribution >= 4 is 0 Å². The molecular formula is C31H28F5NO3. The minimum atomic E-state index is -3.56. The van der Waals surface area contributed by atoms with E-state index in [1.54, 1.807) is 18.2 Å². The smallest absolute Gasteiger partial charge is 0.400 e. The number of nitriles is 1. The molecule has 5 rings (SSSR count). The second kappa shape index (κ2) is 11.6. The summed E-state index contributed by atoms with van der Waals surface area (Å²) in [6.07, 6.45) is -3.26. The summed E-state index contributed by atoms with van der Waals surface area (Å²) in [4.78, 5) is 0. The Balaban J connectivity index is 1.21. The minimum absolute atomic E-state index is 0.0104. The summed E-state index contributed by atoms with van der Waals surface area (Å²) in [6.45, 7) is 3.06. The van der Waals surface area contributed by atoms with E-state index in [0.717, 1.165) is 12.1 Å². The van der Waals surface area contributed by atoms with Gasteiger partial charge in [-0.15, -0.1) is 0 Å². The molecule has 0 radical (unpaired) electrons. The lowest BCUT2D eigenvalue weighted by Gasteiger charge is -2.34. The van der Waals surface area contributed by atoms with Crippen LogP contribution in [0.15, 0.2) is 54.6 Å². The second-order valence-electron chi connectivity index (χ2n) is 10.5. The third-order valence-electron chi connectivity index (χ3n) is 7.60. The third-order valence-corrected chi connectivity index (χ3v) is 7.60. The molecule has 0 N–H and O–H groups in total. The molecule has 3 aromatic carbocycles. The first-order chi connectivity index (χ1) is 19.1. The zero-order valence-corrected chi connectivity index (χ0v) is 21.8. The molecule has 2 aliphatic rings. The van der Waals surface area contributed by atoms with Crippen LogP contribution in [0.25, 0.3) is 11.1 Å². The quantitative estimate of drug-likeness (QED) is 0.286. The molecule has 40 heavy (non-hydrogen) atoms. The van der Waals surface area contributed by atoms with Gasteiger partial charge in [0.15, 0.2) is 6.29 Å². The molecule has 0 aromatic heterocycles. The van der Waals surface area contributed by atoms with E-state index in [-0.39, 0.29) is 47.1 Å². The number of rotatable bonds is 6. The van der Waals surface area contributed by atoms with Crippen molar-refractivity contribution in [2.45, 2.75) is 50.9 Å². The number of hydrogen-bond donors (Lipinski definition) is 0. The third kappa shape index (κ3) is 5.98. The van der Waals surface area contributed by atoms with Crippen LogP contribution in [0.3, 0.4) is 0 Å². The van der Waals surface area contributed by atoms with E-state index >= 15 is 8.78 Å². The lowest BCUT2D eigenvalue weighted by atomic mass is 9.78. The van der Waals surface area contributed by atoms with Gasteiger partial charge in [0.25, 0.3) is 0 Å². The number of halogens is 5. The molecule has 0 amide bonds. The zero-order valence-electron chi connectivity index (χ0n) is 21.8. The van der Waals surface area contributed by atoms with Gasteiger partial charge in [-0.25, -0.2) is 13.2 Å². The molecule has 0 atom stereocenters. The molecular weight excluding hydrogens is 529 g/mol. The van der Waals surface area contributed by atoms with Crippen molar-refractivity contribution in [1.82, 2.24) is 0 Å². The highest BCUT2D eigenvalue weighted by atomic mass is 19.3. The van der Waals surface area contributed by atoms with Gasteiger partial charge in [-0.3, -0.25) is 0 Å². The highest BCUT2D eigenvalue weighted by Crippen LogP contribution is 2.44. The Morgan fingerprint density at radius 1 is 0.850 bits per heavy atom. The zero-order chi connectivity index (χ0) is 28.4. The maximum absolute atomic E-state index is 15.1. The average Bonchev–Trinajstić information content (AvgIpc) is 2.93. The molecule has 0 unspecified atom stereocenters. The van der Waals surface area contributed by atoms with Crippen LogP contribution in [0.2, 0.25) is 0 Å². The van der Waals surface area contributed by atoms with Crippen molar-refractivity contribution in [2.24, 2.45) is 11.8 Å². The van der Waals surface area contributed by atoms with Crippen molar-refractivity contribution in [1.29, 1.82) is 5.26 Å². The van der Waals surface area contributed by atoms with Crippen LogP contribution in [0.1, 0.15) is 61.5 Å². The van der Waals surface area contributed by atoms with Crippen LogP contribution in [0.5, 0.6) is 5.75 Å². The number of nitrogens with zero attached hydrogens (tertiary/aromatic N) is 1. The summed E-state index contributed by atoms with van der Waals surface area (Å²) in [5, 5.41) is 8.86. The molecule has 0 spiro atoms. The van der Waals surface area contributed by atoms with Gasteiger partial charge in [0.1, 0.15) is 29.3 Å². The highest BCUT2D eigenvalue weighted by Gasteiger charge is 2.44. The Labute approximate surface area is 229 Å². The summed E-state index contributed by atoms with van der Waals surface area (Å²) >= 11 is 0. The first-order valence-electron chi connectivity index (χ1n) is 13.2.